The van der Waals surface area contributed by atoms with Crippen molar-refractivity contribution in [2.75, 3.05) is 0 Å². The normalized spacial score (nSPS) is 21.2. The van der Waals surface area contributed by atoms with Crippen LogP contribution in [0.4, 0.5) is 0 Å². The molecule has 0 N–H and O–H groups in total. The van der Waals surface area contributed by atoms with Crippen molar-refractivity contribution < 1.29 is 9.53 Å². The average molecular weight is 293 g/mol. The van der Waals surface area contributed by atoms with Crippen LogP contribution in [0.25, 0.3) is 0 Å². The molecule has 0 aliphatic carbocycles. The summed E-state index contributed by atoms with van der Waals surface area (Å²) >= 11 is 11.9. The van der Waals surface area contributed by atoms with E-state index in [1.165, 1.54) is 0 Å². The maximum absolute atomic E-state index is 12.2. The van der Waals surface area contributed by atoms with Crippen LogP contribution < -0.4 is 0 Å². The van der Waals surface area contributed by atoms with Crippen LogP contribution in [0.2, 0.25) is 10.0 Å². The molecule has 0 aromatic heterocycles. The Bertz CT molecular complexity index is 625. The van der Waals surface area contributed by atoms with Crippen LogP contribution in [0.1, 0.15) is 22.0 Å². The lowest BCUT2D eigenvalue weighted by Crippen LogP contribution is -2.07. The first-order chi connectivity index (χ1) is 9.16. The van der Waals surface area contributed by atoms with Crippen LogP contribution in [0.5, 0.6) is 0 Å². The van der Waals surface area contributed by atoms with E-state index in [0.29, 0.717) is 15.6 Å². The summed E-state index contributed by atoms with van der Waals surface area (Å²) < 4.78 is 5.46. The van der Waals surface area contributed by atoms with Crippen molar-refractivity contribution in [3.63, 3.8) is 0 Å². The fraction of sp³-hybridized carbons (Fsp3) is 0.133. The molecule has 0 spiro atoms. The quantitative estimate of drug-likeness (QED) is 0.623. The molecule has 0 radical (unpaired) electrons. The van der Waals surface area contributed by atoms with E-state index in [0.717, 1.165) is 5.56 Å². The number of hydrogen-bond acceptors (Lipinski definition) is 2. The van der Waals surface area contributed by atoms with Crippen molar-refractivity contribution in [2.45, 2.75) is 12.2 Å². The van der Waals surface area contributed by atoms with E-state index < -0.39 is 6.10 Å². The zero-order valence-corrected chi connectivity index (χ0v) is 11.4. The number of carbonyl (C=O) groups excluding carboxylic acids is 1. The van der Waals surface area contributed by atoms with Gasteiger partial charge in [-0.15, -0.1) is 0 Å². The summed E-state index contributed by atoms with van der Waals surface area (Å²) in [5, 5.41) is 1.10. The smallest absolute Gasteiger partial charge is 0.194 e. The monoisotopic (exact) mass is 292 g/mol. The van der Waals surface area contributed by atoms with Crippen LogP contribution in [0.3, 0.4) is 0 Å². The molecule has 1 saturated heterocycles. The Balaban J connectivity index is 1.79. The molecule has 2 atom stereocenters. The first-order valence-corrected chi connectivity index (χ1v) is 6.62. The molecule has 1 aliphatic rings. The standard InChI is InChI=1S/C15H10Cl2O2/c16-10-6-7-11(12(17)8-10)14-15(19-14)13(18)9-4-2-1-3-5-9/h1-8,14-15H/t14-,15-/m1/s1. The van der Waals surface area contributed by atoms with Crippen LogP contribution in [0.15, 0.2) is 48.5 Å². The van der Waals surface area contributed by atoms with E-state index in [-0.39, 0.29) is 11.9 Å². The lowest BCUT2D eigenvalue weighted by atomic mass is 10.0. The van der Waals surface area contributed by atoms with Crippen molar-refractivity contribution in [3.8, 4) is 0 Å². The van der Waals surface area contributed by atoms with Gasteiger partial charge in [-0.3, -0.25) is 4.79 Å². The Morgan fingerprint density at radius 2 is 1.79 bits per heavy atom. The van der Waals surface area contributed by atoms with Gasteiger partial charge in [0.15, 0.2) is 11.9 Å². The molecule has 96 valence electrons. The third-order valence-electron chi connectivity index (χ3n) is 3.08. The number of ether oxygens (including phenoxy) is 1. The van der Waals surface area contributed by atoms with Crippen LogP contribution in [0, 0.1) is 0 Å². The highest BCUT2D eigenvalue weighted by molar-refractivity contribution is 6.35. The van der Waals surface area contributed by atoms with Gasteiger partial charge in [0.05, 0.1) is 0 Å². The zero-order chi connectivity index (χ0) is 13.4. The molecule has 1 fully saturated rings. The van der Waals surface area contributed by atoms with Gasteiger partial charge in [0.25, 0.3) is 0 Å². The van der Waals surface area contributed by atoms with Crippen molar-refractivity contribution >= 4 is 29.0 Å². The van der Waals surface area contributed by atoms with Crippen LogP contribution in [-0.2, 0) is 4.74 Å². The van der Waals surface area contributed by atoms with Crippen molar-refractivity contribution in [2.24, 2.45) is 0 Å². The largest absolute Gasteiger partial charge is 0.356 e. The molecule has 0 unspecified atom stereocenters. The lowest BCUT2D eigenvalue weighted by Gasteiger charge is -2.01. The number of ketones is 1. The van der Waals surface area contributed by atoms with Gasteiger partial charge < -0.3 is 4.74 Å². The van der Waals surface area contributed by atoms with Gasteiger partial charge in [-0.1, -0.05) is 59.6 Å². The molecule has 1 heterocycles. The summed E-state index contributed by atoms with van der Waals surface area (Å²) in [5.74, 6) is -0.0170. The maximum Gasteiger partial charge on any atom is 0.194 e. The predicted molar refractivity (Wildman–Crippen MR) is 74.8 cm³/mol. The highest BCUT2D eigenvalue weighted by atomic mass is 35.5. The summed E-state index contributed by atoms with van der Waals surface area (Å²) in [4.78, 5) is 12.2. The molecular formula is C15H10Cl2O2. The summed E-state index contributed by atoms with van der Waals surface area (Å²) in [6.07, 6.45) is -0.710. The van der Waals surface area contributed by atoms with Crippen LogP contribution in [-0.4, -0.2) is 11.9 Å². The molecule has 3 rings (SSSR count). The van der Waals surface area contributed by atoms with E-state index in [9.17, 15) is 4.79 Å². The third-order valence-corrected chi connectivity index (χ3v) is 3.64. The van der Waals surface area contributed by atoms with Gasteiger partial charge in [-0.25, -0.2) is 0 Å². The van der Waals surface area contributed by atoms with Gasteiger partial charge in [-0.2, -0.15) is 0 Å². The third kappa shape index (κ3) is 2.52. The molecule has 0 bridgehead atoms. The Hall–Kier alpha value is -1.35. The second kappa shape index (κ2) is 4.97. The fourth-order valence-electron chi connectivity index (χ4n) is 2.05. The van der Waals surface area contributed by atoms with E-state index >= 15 is 0 Å². The number of epoxide rings is 1. The fourth-order valence-corrected chi connectivity index (χ4v) is 2.56. The first-order valence-electron chi connectivity index (χ1n) is 5.86. The summed E-state index contributed by atoms with van der Waals surface area (Å²) in [5.41, 5.74) is 1.46. The van der Waals surface area contributed by atoms with Gasteiger partial charge >= 0.3 is 0 Å². The van der Waals surface area contributed by atoms with E-state index in [2.05, 4.69) is 0 Å². The SMILES string of the molecule is O=C(c1ccccc1)[C@H]1O[C@@H]1c1ccc(Cl)cc1Cl. The lowest BCUT2D eigenvalue weighted by molar-refractivity contribution is 0.0953. The minimum atomic E-state index is -0.443. The van der Waals surface area contributed by atoms with Crippen molar-refractivity contribution in [1.29, 1.82) is 0 Å². The minimum absolute atomic E-state index is 0.0170. The predicted octanol–water partition coefficient (Wildman–Crippen LogP) is 4.32. The van der Waals surface area contributed by atoms with E-state index in [4.69, 9.17) is 27.9 Å². The van der Waals surface area contributed by atoms with Gasteiger partial charge in [0.1, 0.15) is 6.10 Å². The number of hydrogen-bond donors (Lipinski definition) is 0. The number of Topliss-reactive ketones (excluding diaryl/α,β-unsaturated/α-hetero) is 1. The van der Waals surface area contributed by atoms with Crippen molar-refractivity contribution in [1.82, 2.24) is 0 Å². The molecule has 2 nitrogen and oxygen atoms in total. The van der Waals surface area contributed by atoms with Crippen molar-refractivity contribution in [3.05, 3.63) is 69.7 Å². The van der Waals surface area contributed by atoms with E-state index in [1.54, 1.807) is 30.3 Å². The molecule has 4 heteroatoms. The number of benzene rings is 2. The Labute approximate surface area is 120 Å². The van der Waals surface area contributed by atoms with Gasteiger partial charge in [0.2, 0.25) is 0 Å². The molecule has 0 saturated carbocycles. The summed E-state index contributed by atoms with van der Waals surface area (Å²) in [7, 11) is 0. The highest BCUT2D eigenvalue weighted by Crippen LogP contribution is 2.43. The number of rotatable bonds is 3. The zero-order valence-electron chi connectivity index (χ0n) is 9.85. The maximum atomic E-state index is 12.2. The molecule has 1 aliphatic heterocycles. The Morgan fingerprint density at radius 3 is 2.47 bits per heavy atom. The summed E-state index contributed by atoms with van der Waals surface area (Å²) in [6.45, 7) is 0. The molecule has 2 aromatic carbocycles. The molecular weight excluding hydrogens is 283 g/mol. The second-order valence-electron chi connectivity index (χ2n) is 4.37. The average Bonchev–Trinajstić information content (AvgIpc) is 3.19. The molecule has 19 heavy (non-hydrogen) atoms. The molecule has 0 amide bonds. The number of carbonyl (C=O) groups is 1. The second-order valence-corrected chi connectivity index (χ2v) is 5.22. The molecule has 2 aromatic rings. The Kier molecular flexibility index (Phi) is 3.31. The highest BCUT2D eigenvalue weighted by Gasteiger charge is 2.47. The summed E-state index contributed by atoms with van der Waals surface area (Å²) in [6, 6.07) is 14.3. The van der Waals surface area contributed by atoms with Gasteiger partial charge in [0, 0.05) is 21.2 Å². The van der Waals surface area contributed by atoms with Gasteiger partial charge in [-0.05, 0) is 12.1 Å². The van der Waals surface area contributed by atoms with Crippen LogP contribution >= 0.6 is 23.2 Å². The number of halogens is 2. The first kappa shape index (κ1) is 12.7. The minimum Gasteiger partial charge on any atom is -0.356 e. The van der Waals surface area contributed by atoms with E-state index in [1.807, 2.05) is 18.2 Å². The topological polar surface area (TPSA) is 29.6 Å². The Morgan fingerprint density at radius 1 is 1.05 bits per heavy atom.